The fourth-order valence-corrected chi connectivity index (χ4v) is 2.36. The molecular formula is C18H16FN3O2. The van der Waals surface area contributed by atoms with Gasteiger partial charge in [0, 0.05) is 18.3 Å². The second kappa shape index (κ2) is 6.54. The molecule has 24 heavy (non-hydrogen) atoms. The summed E-state index contributed by atoms with van der Waals surface area (Å²) in [5.41, 5.74) is 2.47. The van der Waals surface area contributed by atoms with Gasteiger partial charge >= 0.3 is 0 Å². The summed E-state index contributed by atoms with van der Waals surface area (Å²) in [4.78, 5) is 12.3. The molecule has 0 aliphatic carbocycles. The molecule has 1 aromatic heterocycles. The van der Waals surface area contributed by atoms with Gasteiger partial charge in [-0.15, -0.1) is 0 Å². The number of benzene rings is 2. The Kier molecular flexibility index (Phi) is 4.29. The number of rotatable bonds is 4. The standard InChI is InChI=1S/C18H16FN3O2/c1-22-17(12-4-3-5-15(10-12)24-2)11-16(21-22)18(23)20-14-8-6-13(19)7-9-14/h3-11H,1-2H3,(H,20,23). The van der Waals surface area contributed by atoms with Crippen molar-refractivity contribution in [3.8, 4) is 17.0 Å². The third-order valence-electron chi connectivity index (χ3n) is 3.58. The third-order valence-corrected chi connectivity index (χ3v) is 3.58. The minimum atomic E-state index is -0.355. The number of hydrogen-bond donors (Lipinski definition) is 1. The molecule has 6 heteroatoms. The van der Waals surface area contributed by atoms with Crippen LogP contribution in [0.1, 0.15) is 10.5 Å². The first kappa shape index (κ1) is 15.7. The average molecular weight is 325 g/mol. The number of methoxy groups -OCH3 is 1. The van der Waals surface area contributed by atoms with Crippen LogP contribution in [0.2, 0.25) is 0 Å². The highest BCUT2D eigenvalue weighted by Gasteiger charge is 2.14. The van der Waals surface area contributed by atoms with Crippen LogP contribution in [0.3, 0.4) is 0 Å². The molecule has 3 rings (SSSR count). The molecule has 122 valence electrons. The first-order chi connectivity index (χ1) is 11.6. The largest absolute Gasteiger partial charge is 0.497 e. The maximum Gasteiger partial charge on any atom is 0.276 e. The van der Waals surface area contributed by atoms with E-state index in [2.05, 4.69) is 10.4 Å². The second-order valence-electron chi connectivity index (χ2n) is 5.23. The second-order valence-corrected chi connectivity index (χ2v) is 5.23. The van der Waals surface area contributed by atoms with E-state index in [4.69, 9.17) is 4.74 Å². The zero-order valence-corrected chi connectivity index (χ0v) is 13.3. The summed E-state index contributed by atoms with van der Waals surface area (Å²) in [7, 11) is 3.37. The molecular weight excluding hydrogens is 309 g/mol. The minimum Gasteiger partial charge on any atom is -0.497 e. The van der Waals surface area contributed by atoms with E-state index < -0.39 is 0 Å². The molecule has 0 aliphatic rings. The number of hydrogen-bond acceptors (Lipinski definition) is 3. The van der Waals surface area contributed by atoms with E-state index >= 15 is 0 Å². The number of carbonyl (C=O) groups excluding carboxylic acids is 1. The van der Waals surface area contributed by atoms with E-state index in [0.717, 1.165) is 17.0 Å². The van der Waals surface area contributed by atoms with Gasteiger partial charge in [0.1, 0.15) is 11.6 Å². The summed E-state index contributed by atoms with van der Waals surface area (Å²) in [6, 6.07) is 14.8. The number of carbonyl (C=O) groups is 1. The fraction of sp³-hybridized carbons (Fsp3) is 0.111. The number of halogens is 1. The molecule has 0 saturated carbocycles. The third kappa shape index (κ3) is 3.27. The predicted octanol–water partition coefficient (Wildman–Crippen LogP) is 3.49. The molecule has 0 unspecified atom stereocenters. The Bertz CT molecular complexity index is 872. The number of anilines is 1. The Morgan fingerprint density at radius 2 is 1.92 bits per heavy atom. The minimum absolute atomic E-state index is 0.277. The molecule has 1 heterocycles. The van der Waals surface area contributed by atoms with Crippen LogP contribution in [0.15, 0.2) is 54.6 Å². The Balaban J connectivity index is 1.85. The van der Waals surface area contributed by atoms with Crippen molar-refractivity contribution in [1.29, 1.82) is 0 Å². The summed E-state index contributed by atoms with van der Waals surface area (Å²) in [6.45, 7) is 0. The molecule has 0 fully saturated rings. The number of amides is 1. The molecule has 5 nitrogen and oxygen atoms in total. The van der Waals surface area contributed by atoms with E-state index in [0.29, 0.717) is 5.69 Å². The van der Waals surface area contributed by atoms with Crippen molar-refractivity contribution in [1.82, 2.24) is 9.78 Å². The quantitative estimate of drug-likeness (QED) is 0.799. The van der Waals surface area contributed by atoms with E-state index in [1.807, 2.05) is 24.3 Å². The SMILES string of the molecule is COc1cccc(-c2cc(C(=O)Nc3ccc(F)cc3)nn2C)c1. The van der Waals surface area contributed by atoms with E-state index in [-0.39, 0.29) is 17.4 Å². The van der Waals surface area contributed by atoms with Crippen LogP contribution in [0.25, 0.3) is 11.3 Å². The summed E-state index contributed by atoms with van der Waals surface area (Å²) in [5, 5.41) is 6.94. The maximum atomic E-state index is 12.9. The molecule has 0 spiro atoms. The summed E-state index contributed by atoms with van der Waals surface area (Å²) >= 11 is 0. The Morgan fingerprint density at radius 3 is 2.62 bits per heavy atom. The van der Waals surface area contributed by atoms with Crippen molar-refractivity contribution in [2.24, 2.45) is 7.05 Å². The van der Waals surface area contributed by atoms with Crippen LogP contribution in [0, 0.1) is 5.82 Å². The first-order valence-electron chi connectivity index (χ1n) is 7.32. The van der Waals surface area contributed by atoms with Gasteiger partial charge in [-0.25, -0.2) is 4.39 Å². The van der Waals surface area contributed by atoms with Crippen LogP contribution >= 0.6 is 0 Å². The molecule has 0 atom stereocenters. The zero-order chi connectivity index (χ0) is 17.1. The van der Waals surface area contributed by atoms with Crippen LogP contribution in [0.5, 0.6) is 5.75 Å². The lowest BCUT2D eigenvalue weighted by atomic mass is 10.1. The molecule has 1 N–H and O–H groups in total. The number of aromatic nitrogens is 2. The van der Waals surface area contributed by atoms with Crippen molar-refractivity contribution in [3.63, 3.8) is 0 Å². The van der Waals surface area contributed by atoms with Crippen LogP contribution in [0.4, 0.5) is 10.1 Å². The van der Waals surface area contributed by atoms with Crippen LogP contribution < -0.4 is 10.1 Å². The van der Waals surface area contributed by atoms with Gasteiger partial charge < -0.3 is 10.1 Å². The van der Waals surface area contributed by atoms with Crippen molar-refractivity contribution in [3.05, 3.63) is 66.1 Å². The number of nitrogens with one attached hydrogen (secondary N) is 1. The van der Waals surface area contributed by atoms with Gasteiger partial charge in [0.15, 0.2) is 5.69 Å². The maximum absolute atomic E-state index is 12.9. The molecule has 0 bridgehead atoms. The summed E-state index contributed by atoms with van der Waals surface area (Å²) in [5.74, 6) is 0.0171. The van der Waals surface area contributed by atoms with Crippen molar-refractivity contribution in [2.45, 2.75) is 0 Å². The topological polar surface area (TPSA) is 56.1 Å². The highest BCUT2D eigenvalue weighted by molar-refractivity contribution is 6.03. The van der Waals surface area contributed by atoms with E-state index in [1.54, 1.807) is 24.9 Å². The van der Waals surface area contributed by atoms with Gasteiger partial charge in [0.2, 0.25) is 0 Å². The van der Waals surface area contributed by atoms with Crippen molar-refractivity contribution in [2.75, 3.05) is 12.4 Å². The van der Waals surface area contributed by atoms with E-state index in [1.165, 1.54) is 24.3 Å². The lowest BCUT2D eigenvalue weighted by molar-refractivity contribution is 0.102. The van der Waals surface area contributed by atoms with Crippen molar-refractivity contribution >= 4 is 11.6 Å². The average Bonchev–Trinajstić information content (AvgIpc) is 2.99. The highest BCUT2D eigenvalue weighted by atomic mass is 19.1. The van der Waals surface area contributed by atoms with Crippen LogP contribution in [-0.2, 0) is 7.05 Å². The van der Waals surface area contributed by atoms with Gasteiger partial charge in [0.05, 0.1) is 12.8 Å². The normalized spacial score (nSPS) is 10.5. The zero-order valence-electron chi connectivity index (χ0n) is 13.3. The fourth-order valence-electron chi connectivity index (χ4n) is 2.36. The highest BCUT2D eigenvalue weighted by Crippen LogP contribution is 2.24. The molecule has 0 radical (unpaired) electrons. The number of ether oxygens (including phenoxy) is 1. The molecule has 0 saturated heterocycles. The van der Waals surface area contributed by atoms with Crippen molar-refractivity contribution < 1.29 is 13.9 Å². The molecule has 3 aromatic rings. The van der Waals surface area contributed by atoms with Gasteiger partial charge in [-0.05, 0) is 42.5 Å². The van der Waals surface area contributed by atoms with E-state index in [9.17, 15) is 9.18 Å². The Labute approximate surface area is 138 Å². The smallest absolute Gasteiger partial charge is 0.276 e. The number of aryl methyl sites for hydroxylation is 1. The molecule has 1 amide bonds. The Hall–Kier alpha value is -3.15. The first-order valence-corrected chi connectivity index (χ1v) is 7.32. The van der Waals surface area contributed by atoms with Gasteiger partial charge in [-0.3, -0.25) is 9.48 Å². The van der Waals surface area contributed by atoms with Gasteiger partial charge in [-0.2, -0.15) is 5.10 Å². The summed E-state index contributed by atoms with van der Waals surface area (Å²) < 4.78 is 19.8. The monoisotopic (exact) mass is 325 g/mol. The number of nitrogens with zero attached hydrogens (tertiary/aromatic N) is 2. The molecule has 2 aromatic carbocycles. The predicted molar refractivity (Wildman–Crippen MR) is 89.5 cm³/mol. The van der Waals surface area contributed by atoms with Crippen LogP contribution in [-0.4, -0.2) is 22.8 Å². The molecule has 0 aliphatic heterocycles. The lowest BCUT2D eigenvalue weighted by Crippen LogP contribution is -2.12. The van der Waals surface area contributed by atoms with Gasteiger partial charge in [0.25, 0.3) is 5.91 Å². The van der Waals surface area contributed by atoms with Gasteiger partial charge in [-0.1, -0.05) is 12.1 Å². The summed E-state index contributed by atoms with van der Waals surface area (Å²) in [6.07, 6.45) is 0. The Morgan fingerprint density at radius 1 is 1.17 bits per heavy atom. The lowest BCUT2D eigenvalue weighted by Gasteiger charge is -2.04.